The molecule has 148 valence electrons. The molecule has 5 aromatic rings. The minimum absolute atomic E-state index is 0.164. The molecule has 9 nitrogen and oxygen atoms in total. The smallest absolute Gasteiger partial charge is 0.284 e. The number of aromatic amines is 1. The van der Waals surface area contributed by atoms with E-state index in [-0.39, 0.29) is 22.8 Å². The number of methoxy groups -OCH3 is 2. The Balaban J connectivity index is 1.74. The summed E-state index contributed by atoms with van der Waals surface area (Å²) in [6.07, 6.45) is 0. The number of nitrogens with zero attached hydrogens (tertiary/aromatic N) is 4. The topological polar surface area (TPSA) is 116 Å². The van der Waals surface area contributed by atoms with Crippen molar-refractivity contribution >= 4 is 38.8 Å². The Morgan fingerprint density at radius 2 is 1.53 bits per heavy atom. The molecule has 9 heteroatoms. The lowest BCUT2D eigenvalue weighted by Gasteiger charge is -2.09. The van der Waals surface area contributed by atoms with Crippen LogP contribution in [0.3, 0.4) is 0 Å². The molecule has 0 fully saturated rings. The minimum Gasteiger partial charge on any atom is -0.493 e. The molecule has 0 spiro atoms. The number of nitrogens with one attached hydrogen (secondary N) is 1. The molecule has 0 saturated heterocycles. The number of nitro groups is 1. The van der Waals surface area contributed by atoms with Gasteiger partial charge in [-0.2, -0.15) is 0 Å². The van der Waals surface area contributed by atoms with Gasteiger partial charge in [0.15, 0.2) is 17.3 Å². The van der Waals surface area contributed by atoms with Crippen molar-refractivity contribution in [3.63, 3.8) is 0 Å². The van der Waals surface area contributed by atoms with E-state index in [0.717, 1.165) is 22.1 Å². The van der Waals surface area contributed by atoms with E-state index in [1.807, 2.05) is 36.4 Å². The Kier molecular flexibility index (Phi) is 3.95. The molecule has 3 aromatic carbocycles. The van der Waals surface area contributed by atoms with Crippen LogP contribution in [0, 0.1) is 10.1 Å². The third-order valence-electron chi connectivity index (χ3n) is 4.90. The van der Waals surface area contributed by atoms with E-state index < -0.39 is 4.92 Å². The fourth-order valence-electron chi connectivity index (χ4n) is 3.46. The number of hydrogen-bond acceptors (Lipinski definition) is 7. The first-order chi connectivity index (χ1) is 14.6. The molecule has 0 unspecified atom stereocenters. The zero-order valence-electron chi connectivity index (χ0n) is 16.0. The summed E-state index contributed by atoms with van der Waals surface area (Å²) < 4.78 is 10.5. The standard InChI is InChI=1S/C21H15N5O4/c1-29-19-7-11(18(26(27)28)10-20(19)30-2)21-24-16-8-14-15(9-17(16)25-21)23-13-6-4-3-5-12(13)22-14/h3-10,22H,1-2H3. The molecule has 2 heterocycles. The van der Waals surface area contributed by atoms with E-state index in [0.29, 0.717) is 16.8 Å². The van der Waals surface area contributed by atoms with Crippen molar-refractivity contribution in [2.24, 2.45) is 0 Å². The first kappa shape index (κ1) is 17.8. The first-order valence-corrected chi connectivity index (χ1v) is 9.04. The Bertz CT molecular complexity index is 1390. The van der Waals surface area contributed by atoms with Gasteiger partial charge in [-0.1, -0.05) is 12.1 Å². The molecule has 0 saturated carbocycles. The molecule has 0 amide bonds. The molecular formula is C21H15N5O4. The van der Waals surface area contributed by atoms with Crippen LogP contribution in [0.4, 0.5) is 5.69 Å². The number of benzene rings is 3. The highest BCUT2D eigenvalue weighted by molar-refractivity contribution is 5.96. The second-order valence-electron chi connectivity index (χ2n) is 6.64. The van der Waals surface area contributed by atoms with Crippen LogP contribution in [-0.2, 0) is 0 Å². The number of rotatable bonds is 4. The SMILES string of the molecule is COc1cc(-c2nc3cc4nc5ccccc5[nH]c4cc3n2)c([N+](=O)[O-])cc1OC. The number of para-hydroxylation sites is 2. The highest BCUT2D eigenvalue weighted by atomic mass is 16.6. The molecule has 0 bridgehead atoms. The van der Waals surface area contributed by atoms with Crippen LogP contribution in [0.5, 0.6) is 11.5 Å². The van der Waals surface area contributed by atoms with Gasteiger partial charge in [-0.25, -0.2) is 15.0 Å². The molecule has 0 radical (unpaired) electrons. The Morgan fingerprint density at radius 3 is 2.27 bits per heavy atom. The summed E-state index contributed by atoms with van der Waals surface area (Å²) in [5.41, 5.74) is 4.55. The van der Waals surface area contributed by atoms with Crippen LogP contribution < -0.4 is 9.47 Å². The number of imidazole rings is 1. The van der Waals surface area contributed by atoms with Crippen LogP contribution in [0.15, 0.2) is 48.5 Å². The van der Waals surface area contributed by atoms with Gasteiger partial charge in [0.05, 0.1) is 58.3 Å². The van der Waals surface area contributed by atoms with Gasteiger partial charge < -0.3 is 14.5 Å². The summed E-state index contributed by atoms with van der Waals surface area (Å²) in [6.45, 7) is 0. The van der Waals surface area contributed by atoms with Crippen LogP contribution in [0.25, 0.3) is 44.5 Å². The molecule has 0 atom stereocenters. The maximum absolute atomic E-state index is 11.6. The second-order valence-corrected chi connectivity index (χ2v) is 6.64. The number of ether oxygens (including phenoxy) is 2. The molecular weight excluding hydrogens is 386 g/mol. The Hall–Kier alpha value is -4.27. The lowest BCUT2D eigenvalue weighted by Crippen LogP contribution is -1.97. The molecule has 5 rings (SSSR count). The molecule has 2 aromatic heterocycles. The van der Waals surface area contributed by atoms with Gasteiger partial charge in [0.1, 0.15) is 5.56 Å². The summed E-state index contributed by atoms with van der Waals surface area (Å²) >= 11 is 0. The van der Waals surface area contributed by atoms with Crippen molar-refractivity contribution in [1.82, 2.24) is 19.9 Å². The number of fused-ring (bicyclic) bond motifs is 3. The zero-order chi connectivity index (χ0) is 20.8. The van der Waals surface area contributed by atoms with Crippen LogP contribution in [0.1, 0.15) is 0 Å². The Morgan fingerprint density at radius 1 is 0.833 bits per heavy atom. The number of hydrogen-bond donors (Lipinski definition) is 1. The maximum atomic E-state index is 11.6. The molecule has 1 N–H and O–H groups in total. The second kappa shape index (κ2) is 6.66. The monoisotopic (exact) mass is 401 g/mol. The Labute approximate surface area is 169 Å². The van der Waals surface area contributed by atoms with Crippen LogP contribution in [0.2, 0.25) is 0 Å². The highest BCUT2D eigenvalue weighted by Crippen LogP contribution is 2.39. The quantitative estimate of drug-likeness (QED) is 0.272. The third kappa shape index (κ3) is 2.75. The van der Waals surface area contributed by atoms with Crippen LogP contribution in [-0.4, -0.2) is 39.1 Å². The van der Waals surface area contributed by atoms with Crippen LogP contribution >= 0.6 is 0 Å². The number of nitro benzene ring substituents is 1. The zero-order valence-corrected chi connectivity index (χ0v) is 16.0. The predicted molar refractivity (Wildman–Crippen MR) is 112 cm³/mol. The van der Waals surface area contributed by atoms with Crippen molar-refractivity contribution < 1.29 is 14.4 Å². The summed E-state index contributed by atoms with van der Waals surface area (Å²) in [5.74, 6) is 0.858. The largest absolute Gasteiger partial charge is 0.493 e. The lowest BCUT2D eigenvalue weighted by atomic mass is 10.1. The molecule has 0 aliphatic heterocycles. The van der Waals surface area contributed by atoms with Gasteiger partial charge in [0.2, 0.25) is 0 Å². The molecule has 0 aliphatic carbocycles. The van der Waals surface area contributed by atoms with E-state index in [1.165, 1.54) is 26.4 Å². The summed E-state index contributed by atoms with van der Waals surface area (Å²) in [6, 6.07) is 14.2. The van der Waals surface area contributed by atoms with Crippen molar-refractivity contribution in [2.75, 3.05) is 14.2 Å². The average molecular weight is 401 g/mol. The van der Waals surface area contributed by atoms with E-state index in [2.05, 4.69) is 19.9 Å². The number of H-pyrrole nitrogens is 1. The van der Waals surface area contributed by atoms with E-state index >= 15 is 0 Å². The number of aromatic nitrogens is 4. The van der Waals surface area contributed by atoms with Crippen molar-refractivity contribution in [1.29, 1.82) is 0 Å². The van der Waals surface area contributed by atoms with Gasteiger partial charge in [-0.15, -0.1) is 0 Å². The van der Waals surface area contributed by atoms with Gasteiger partial charge in [-0.3, -0.25) is 10.1 Å². The molecule has 0 aliphatic rings. The summed E-state index contributed by atoms with van der Waals surface area (Å²) in [5, 5.41) is 11.6. The van der Waals surface area contributed by atoms with Gasteiger partial charge >= 0.3 is 0 Å². The average Bonchev–Trinajstić information content (AvgIpc) is 3.17. The third-order valence-corrected chi connectivity index (χ3v) is 4.90. The summed E-state index contributed by atoms with van der Waals surface area (Å²) in [7, 11) is 2.89. The fraction of sp³-hybridized carbons (Fsp3) is 0.0952. The maximum Gasteiger partial charge on any atom is 0.284 e. The van der Waals surface area contributed by atoms with Gasteiger partial charge in [0.25, 0.3) is 5.69 Å². The lowest BCUT2D eigenvalue weighted by molar-refractivity contribution is -0.384. The normalized spacial score (nSPS) is 11.3. The van der Waals surface area contributed by atoms with E-state index in [4.69, 9.17) is 9.47 Å². The van der Waals surface area contributed by atoms with Gasteiger partial charge in [-0.05, 0) is 24.3 Å². The van der Waals surface area contributed by atoms with E-state index in [1.54, 1.807) is 0 Å². The fourth-order valence-corrected chi connectivity index (χ4v) is 3.46. The van der Waals surface area contributed by atoms with E-state index in [9.17, 15) is 10.1 Å². The minimum atomic E-state index is -0.489. The van der Waals surface area contributed by atoms with Crippen molar-refractivity contribution in [2.45, 2.75) is 0 Å². The van der Waals surface area contributed by atoms with Crippen molar-refractivity contribution in [3.05, 3.63) is 58.6 Å². The molecule has 30 heavy (non-hydrogen) atoms. The van der Waals surface area contributed by atoms with Gasteiger partial charge in [0, 0.05) is 6.07 Å². The van der Waals surface area contributed by atoms with Crippen molar-refractivity contribution in [3.8, 4) is 22.9 Å². The highest BCUT2D eigenvalue weighted by Gasteiger charge is 2.24. The predicted octanol–water partition coefficient (Wildman–Crippen LogP) is 4.25. The first-order valence-electron chi connectivity index (χ1n) is 9.04. The summed E-state index contributed by atoms with van der Waals surface area (Å²) in [4.78, 5) is 28.2.